The van der Waals surface area contributed by atoms with Crippen LogP contribution in [0.1, 0.15) is 16.5 Å². The summed E-state index contributed by atoms with van der Waals surface area (Å²) in [6.45, 7) is 6.46. The van der Waals surface area contributed by atoms with E-state index in [-0.39, 0.29) is 12.6 Å². The molecule has 4 heteroatoms. The maximum Gasteiger partial charge on any atom is 0.0678 e. The molecule has 0 amide bonds. The largest absolute Gasteiger partial charge is 0.394 e. The molecule has 2 rings (SSSR count). The zero-order valence-electron chi connectivity index (χ0n) is 9.07. The van der Waals surface area contributed by atoms with E-state index in [0.29, 0.717) is 0 Å². The van der Waals surface area contributed by atoms with E-state index in [9.17, 15) is 5.11 Å². The van der Waals surface area contributed by atoms with E-state index in [1.165, 1.54) is 10.4 Å². The van der Waals surface area contributed by atoms with Gasteiger partial charge in [0, 0.05) is 31.1 Å². The van der Waals surface area contributed by atoms with Crippen LogP contribution in [0.2, 0.25) is 0 Å². The van der Waals surface area contributed by atoms with Crippen LogP contribution in [-0.2, 0) is 0 Å². The summed E-state index contributed by atoms with van der Waals surface area (Å²) in [4.78, 5) is 3.69. The molecule has 2 heterocycles. The highest BCUT2D eigenvalue weighted by Crippen LogP contribution is 2.28. The van der Waals surface area contributed by atoms with E-state index in [0.717, 1.165) is 26.2 Å². The Kier molecular flexibility index (Phi) is 3.75. The van der Waals surface area contributed by atoms with Crippen molar-refractivity contribution in [3.63, 3.8) is 0 Å². The number of nitrogens with zero attached hydrogens (tertiary/aromatic N) is 1. The van der Waals surface area contributed by atoms with Crippen molar-refractivity contribution in [1.29, 1.82) is 0 Å². The van der Waals surface area contributed by atoms with Crippen LogP contribution in [0.3, 0.4) is 0 Å². The third-order valence-electron chi connectivity index (χ3n) is 2.97. The van der Waals surface area contributed by atoms with Gasteiger partial charge in [-0.2, -0.15) is 0 Å². The lowest BCUT2D eigenvalue weighted by Crippen LogP contribution is -2.46. The molecule has 3 nitrogen and oxygen atoms in total. The number of aliphatic hydroxyl groups is 1. The van der Waals surface area contributed by atoms with Crippen molar-refractivity contribution in [2.75, 3.05) is 32.8 Å². The van der Waals surface area contributed by atoms with Gasteiger partial charge in [0.1, 0.15) is 0 Å². The first kappa shape index (κ1) is 11.1. The van der Waals surface area contributed by atoms with Crippen LogP contribution in [0.15, 0.2) is 11.4 Å². The highest BCUT2D eigenvalue weighted by Gasteiger charge is 2.23. The van der Waals surface area contributed by atoms with Crippen molar-refractivity contribution in [3.8, 4) is 0 Å². The van der Waals surface area contributed by atoms with Crippen LogP contribution in [0.5, 0.6) is 0 Å². The number of rotatable bonds is 3. The summed E-state index contributed by atoms with van der Waals surface area (Å²) >= 11 is 1.75. The molecule has 0 aromatic carbocycles. The molecule has 1 unspecified atom stereocenters. The number of aliphatic hydroxyl groups excluding tert-OH is 1. The second kappa shape index (κ2) is 5.07. The van der Waals surface area contributed by atoms with Crippen LogP contribution in [0.4, 0.5) is 0 Å². The third-order valence-corrected chi connectivity index (χ3v) is 4.09. The molecular formula is C11H18N2OS. The molecule has 0 spiro atoms. The fraction of sp³-hybridized carbons (Fsp3) is 0.636. The molecule has 1 aliphatic heterocycles. The molecule has 1 fully saturated rings. The summed E-state index contributed by atoms with van der Waals surface area (Å²) < 4.78 is 0. The molecular weight excluding hydrogens is 208 g/mol. The minimum absolute atomic E-state index is 0.201. The molecule has 0 bridgehead atoms. The first-order valence-electron chi connectivity index (χ1n) is 5.42. The third kappa shape index (κ3) is 2.39. The SMILES string of the molecule is Cc1ccsc1C(CO)N1CCNCC1. The van der Waals surface area contributed by atoms with Gasteiger partial charge in [-0.25, -0.2) is 0 Å². The zero-order chi connectivity index (χ0) is 10.7. The normalized spacial score (nSPS) is 20.4. The minimum atomic E-state index is 0.201. The van der Waals surface area contributed by atoms with Crippen LogP contribution in [0, 0.1) is 6.92 Å². The van der Waals surface area contributed by atoms with Crippen molar-refractivity contribution in [2.45, 2.75) is 13.0 Å². The molecule has 1 aromatic rings. The molecule has 1 aromatic heterocycles. The number of piperazine rings is 1. The lowest BCUT2D eigenvalue weighted by molar-refractivity contribution is 0.112. The highest BCUT2D eigenvalue weighted by molar-refractivity contribution is 7.10. The number of aryl methyl sites for hydroxylation is 1. The quantitative estimate of drug-likeness (QED) is 0.807. The molecule has 84 valence electrons. The van der Waals surface area contributed by atoms with Crippen LogP contribution in [0.25, 0.3) is 0 Å². The zero-order valence-corrected chi connectivity index (χ0v) is 9.89. The van der Waals surface area contributed by atoms with Gasteiger partial charge in [-0.05, 0) is 23.9 Å². The van der Waals surface area contributed by atoms with Gasteiger partial charge in [-0.3, -0.25) is 4.90 Å². The Morgan fingerprint density at radius 2 is 2.27 bits per heavy atom. The fourth-order valence-electron chi connectivity index (χ4n) is 2.08. The summed E-state index contributed by atoms with van der Waals surface area (Å²) in [5.74, 6) is 0. The lowest BCUT2D eigenvalue weighted by atomic mass is 10.1. The van der Waals surface area contributed by atoms with E-state index in [4.69, 9.17) is 0 Å². The van der Waals surface area contributed by atoms with Crippen molar-refractivity contribution < 1.29 is 5.11 Å². The summed E-state index contributed by atoms with van der Waals surface area (Å²) in [6.07, 6.45) is 0. The van der Waals surface area contributed by atoms with Gasteiger partial charge in [-0.15, -0.1) is 11.3 Å². The second-order valence-electron chi connectivity index (χ2n) is 3.95. The molecule has 1 saturated heterocycles. The van der Waals surface area contributed by atoms with E-state index in [2.05, 4.69) is 28.6 Å². The molecule has 0 aliphatic carbocycles. The number of hydrogen-bond acceptors (Lipinski definition) is 4. The van der Waals surface area contributed by atoms with Crippen LogP contribution >= 0.6 is 11.3 Å². The van der Waals surface area contributed by atoms with E-state index >= 15 is 0 Å². The van der Waals surface area contributed by atoms with Crippen molar-refractivity contribution in [3.05, 3.63) is 21.9 Å². The standard InChI is InChI=1S/C11H18N2OS/c1-9-2-7-15-11(9)10(8-14)13-5-3-12-4-6-13/h2,7,10,12,14H,3-6,8H2,1H3. The van der Waals surface area contributed by atoms with Crippen molar-refractivity contribution >= 4 is 11.3 Å². The Bertz CT molecular complexity index is 307. The van der Waals surface area contributed by atoms with Gasteiger partial charge in [-0.1, -0.05) is 0 Å². The highest BCUT2D eigenvalue weighted by atomic mass is 32.1. The Morgan fingerprint density at radius 3 is 2.80 bits per heavy atom. The Labute approximate surface area is 94.7 Å². The molecule has 1 atom stereocenters. The maximum absolute atomic E-state index is 9.52. The first-order valence-corrected chi connectivity index (χ1v) is 6.30. The Balaban J connectivity index is 2.12. The maximum atomic E-state index is 9.52. The topological polar surface area (TPSA) is 35.5 Å². The first-order chi connectivity index (χ1) is 7.33. The number of thiophene rings is 1. The van der Waals surface area contributed by atoms with Gasteiger partial charge in [0.05, 0.1) is 12.6 Å². The predicted molar refractivity (Wildman–Crippen MR) is 63.3 cm³/mol. The van der Waals surface area contributed by atoms with Gasteiger partial charge in [0.15, 0.2) is 0 Å². The van der Waals surface area contributed by atoms with E-state index in [1.54, 1.807) is 11.3 Å². The Morgan fingerprint density at radius 1 is 1.53 bits per heavy atom. The minimum Gasteiger partial charge on any atom is -0.394 e. The summed E-state index contributed by atoms with van der Waals surface area (Å²) in [6, 6.07) is 2.33. The van der Waals surface area contributed by atoms with E-state index in [1.807, 2.05) is 0 Å². The molecule has 0 saturated carbocycles. The van der Waals surface area contributed by atoms with Crippen molar-refractivity contribution in [2.24, 2.45) is 0 Å². The molecule has 15 heavy (non-hydrogen) atoms. The summed E-state index contributed by atoms with van der Waals surface area (Å²) in [5, 5.41) is 15.0. The van der Waals surface area contributed by atoms with Gasteiger partial charge < -0.3 is 10.4 Å². The average Bonchev–Trinajstić information content (AvgIpc) is 2.68. The predicted octanol–water partition coefficient (Wildman–Crippen LogP) is 0.995. The number of hydrogen-bond donors (Lipinski definition) is 2. The molecule has 2 N–H and O–H groups in total. The molecule has 0 radical (unpaired) electrons. The lowest BCUT2D eigenvalue weighted by Gasteiger charge is -2.33. The number of nitrogens with one attached hydrogen (secondary N) is 1. The van der Waals surface area contributed by atoms with Gasteiger partial charge in [0.25, 0.3) is 0 Å². The van der Waals surface area contributed by atoms with Crippen molar-refractivity contribution in [1.82, 2.24) is 10.2 Å². The average molecular weight is 226 g/mol. The Hall–Kier alpha value is -0.420. The smallest absolute Gasteiger partial charge is 0.0678 e. The van der Waals surface area contributed by atoms with E-state index < -0.39 is 0 Å². The van der Waals surface area contributed by atoms with Gasteiger partial charge in [0.2, 0.25) is 0 Å². The molecule has 1 aliphatic rings. The van der Waals surface area contributed by atoms with Crippen LogP contribution < -0.4 is 5.32 Å². The monoisotopic (exact) mass is 226 g/mol. The van der Waals surface area contributed by atoms with Crippen LogP contribution in [-0.4, -0.2) is 42.8 Å². The van der Waals surface area contributed by atoms with Gasteiger partial charge >= 0.3 is 0 Å². The second-order valence-corrected chi connectivity index (χ2v) is 4.90. The summed E-state index contributed by atoms with van der Waals surface area (Å²) in [5.41, 5.74) is 1.30. The summed E-state index contributed by atoms with van der Waals surface area (Å²) in [7, 11) is 0. The fourth-order valence-corrected chi connectivity index (χ4v) is 3.14.